The van der Waals surface area contributed by atoms with Crippen LogP contribution in [0.4, 0.5) is 17.1 Å². The van der Waals surface area contributed by atoms with Gasteiger partial charge in [-0.05, 0) is 121 Å². The van der Waals surface area contributed by atoms with Crippen molar-refractivity contribution in [1.82, 2.24) is 0 Å². The van der Waals surface area contributed by atoms with Gasteiger partial charge in [-0.1, -0.05) is 145 Å². The second-order valence-electron chi connectivity index (χ2n) is 16.5. The molecule has 1 heteroatoms. The molecule has 2 aliphatic carbocycles. The molecule has 0 aliphatic heterocycles. The molecule has 0 heterocycles. The number of rotatable bonds is 4. The first-order valence-electron chi connectivity index (χ1n) is 18.2. The van der Waals surface area contributed by atoms with Gasteiger partial charge in [0.05, 0.1) is 5.69 Å². The van der Waals surface area contributed by atoms with Crippen LogP contribution in [0.25, 0.3) is 43.8 Å². The summed E-state index contributed by atoms with van der Waals surface area (Å²) in [5.74, 6) is 0. The highest BCUT2D eigenvalue weighted by molar-refractivity contribution is 6.09. The maximum absolute atomic E-state index is 2.53. The highest BCUT2D eigenvalue weighted by atomic mass is 15.1. The molecule has 0 N–H and O–H groups in total. The molecule has 0 saturated heterocycles. The van der Waals surface area contributed by atoms with Gasteiger partial charge in [-0.15, -0.1) is 0 Å². The summed E-state index contributed by atoms with van der Waals surface area (Å²) in [6.07, 6.45) is 2.40. The zero-order chi connectivity index (χ0) is 34.4. The Morgan fingerprint density at radius 1 is 0.420 bits per heavy atom. The lowest BCUT2D eigenvalue weighted by atomic mass is 9.63. The standard InChI is InChI=1S/C49H45N/c1-47(2)26-27-48(3,4)45-28-34(23-25-43(45)47)40-30-41-38-18-12-13-19-42(38)49(5,6)44(41)31-46(40)50(35-15-8-7-9-16-35)36-24-22-33-21-20-32-14-10-11-17-37(32)39(33)29-36/h7-25,28-31H,26-27H2,1-6H3. The Morgan fingerprint density at radius 2 is 1.08 bits per heavy atom. The highest BCUT2D eigenvalue weighted by Gasteiger charge is 2.39. The number of fused-ring (bicyclic) bond motifs is 7. The molecule has 7 aromatic carbocycles. The van der Waals surface area contributed by atoms with Crippen molar-refractivity contribution in [2.45, 2.75) is 70.6 Å². The van der Waals surface area contributed by atoms with Gasteiger partial charge in [-0.25, -0.2) is 0 Å². The summed E-state index contributed by atoms with van der Waals surface area (Å²) in [6.45, 7) is 14.5. The van der Waals surface area contributed by atoms with E-state index < -0.39 is 0 Å². The molecule has 9 rings (SSSR count). The number of para-hydroxylation sites is 1. The topological polar surface area (TPSA) is 3.24 Å². The summed E-state index contributed by atoms with van der Waals surface area (Å²) in [7, 11) is 0. The van der Waals surface area contributed by atoms with Crippen LogP contribution in [0, 0.1) is 0 Å². The van der Waals surface area contributed by atoms with E-state index in [1.807, 2.05) is 0 Å². The van der Waals surface area contributed by atoms with Crippen LogP contribution in [-0.2, 0) is 16.2 Å². The quantitative estimate of drug-likeness (QED) is 0.172. The maximum Gasteiger partial charge on any atom is 0.0543 e. The molecule has 0 spiro atoms. The van der Waals surface area contributed by atoms with Crippen LogP contribution in [0.5, 0.6) is 0 Å². The summed E-state index contributed by atoms with van der Waals surface area (Å²) < 4.78 is 0. The van der Waals surface area contributed by atoms with Crippen LogP contribution in [0.3, 0.4) is 0 Å². The van der Waals surface area contributed by atoms with E-state index in [0.29, 0.717) is 0 Å². The number of benzene rings is 7. The van der Waals surface area contributed by atoms with Gasteiger partial charge in [0.1, 0.15) is 0 Å². The zero-order valence-corrected chi connectivity index (χ0v) is 30.1. The monoisotopic (exact) mass is 647 g/mol. The molecule has 0 unspecified atom stereocenters. The Balaban J connectivity index is 1.36. The maximum atomic E-state index is 2.53. The van der Waals surface area contributed by atoms with Crippen molar-refractivity contribution in [3.05, 3.63) is 162 Å². The molecule has 0 fully saturated rings. The Bertz CT molecular complexity index is 2460. The van der Waals surface area contributed by atoms with Crippen molar-refractivity contribution >= 4 is 38.6 Å². The minimum absolute atomic E-state index is 0.116. The van der Waals surface area contributed by atoms with Gasteiger partial charge < -0.3 is 4.90 Å². The molecule has 2 aliphatic rings. The molecule has 7 aromatic rings. The lowest BCUT2D eigenvalue weighted by molar-refractivity contribution is 0.332. The van der Waals surface area contributed by atoms with E-state index in [4.69, 9.17) is 0 Å². The molecule has 0 bridgehead atoms. The van der Waals surface area contributed by atoms with Crippen LogP contribution in [0.2, 0.25) is 0 Å². The SMILES string of the molecule is CC1(C)CCC(C)(C)c2cc(-c3cc4c(cc3N(c3ccccc3)c3ccc5ccc6ccccc6c5c3)C(C)(C)c3ccccc3-4)ccc21. The summed E-state index contributed by atoms with van der Waals surface area (Å²) >= 11 is 0. The van der Waals surface area contributed by atoms with Gasteiger partial charge in [0.15, 0.2) is 0 Å². The predicted octanol–water partition coefficient (Wildman–Crippen LogP) is 13.8. The van der Waals surface area contributed by atoms with E-state index in [-0.39, 0.29) is 16.2 Å². The highest BCUT2D eigenvalue weighted by Crippen LogP contribution is 2.54. The van der Waals surface area contributed by atoms with Crippen molar-refractivity contribution in [2.75, 3.05) is 4.90 Å². The van der Waals surface area contributed by atoms with Crippen LogP contribution in [0.15, 0.2) is 140 Å². The Labute approximate surface area is 297 Å². The third-order valence-electron chi connectivity index (χ3n) is 12.1. The average Bonchev–Trinajstić information content (AvgIpc) is 3.35. The average molecular weight is 648 g/mol. The number of anilines is 3. The minimum Gasteiger partial charge on any atom is -0.310 e. The molecule has 1 nitrogen and oxygen atoms in total. The predicted molar refractivity (Wildman–Crippen MR) is 214 cm³/mol. The first-order chi connectivity index (χ1) is 24.0. The van der Waals surface area contributed by atoms with Crippen LogP contribution >= 0.6 is 0 Å². The van der Waals surface area contributed by atoms with Crippen molar-refractivity contribution < 1.29 is 0 Å². The lowest BCUT2D eigenvalue weighted by Gasteiger charge is -2.42. The van der Waals surface area contributed by atoms with E-state index in [1.165, 1.54) is 84.6 Å². The first-order valence-corrected chi connectivity index (χ1v) is 18.2. The fourth-order valence-corrected chi connectivity index (χ4v) is 9.04. The van der Waals surface area contributed by atoms with E-state index in [0.717, 1.165) is 11.4 Å². The van der Waals surface area contributed by atoms with Crippen molar-refractivity contribution in [2.24, 2.45) is 0 Å². The second kappa shape index (κ2) is 10.9. The van der Waals surface area contributed by atoms with Gasteiger partial charge in [-0.2, -0.15) is 0 Å². The van der Waals surface area contributed by atoms with Crippen LogP contribution in [0.1, 0.15) is 76.6 Å². The van der Waals surface area contributed by atoms with E-state index in [9.17, 15) is 0 Å². The fraction of sp³-hybridized carbons (Fsp3) is 0.224. The third-order valence-corrected chi connectivity index (χ3v) is 12.1. The zero-order valence-electron chi connectivity index (χ0n) is 30.1. The summed E-state index contributed by atoms with van der Waals surface area (Å²) in [4.78, 5) is 2.50. The van der Waals surface area contributed by atoms with Crippen molar-refractivity contribution in [1.29, 1.82) is 0 Å². The smallest absolute Gasteiger partial charge is 0.0543 e. The summed E-state index contributed by atoms with van der Waals surface area (Å²) in [5, 5.41) is 5.08. The normalized spacial score (nSPS) is 16.5. The van der Waals surface area contributed by atoms with E-state index in [1.54, 1.807) is 0 Å². The fourth-order valence-electron chi connectivity index (χ4n) is 9.04. The number of nitrogens with zero attached hydrogens (tertiary/aromatic N) is 1. The van der Waals surface area contributed by atoms with E-state index >= 15 is 0 Å². The number of hydrogen-bond donors (Lipinski definition) is 0. The molecular weight excluding hydrogens is 603 g/mol. The Hall–Kier alpha value is -5.14. The Morgan fingerprint density at radius 3 is 1.88 bits per heavy atom. The number of hydrogen-bond acceptors (Lipinski definition) is 1. The molecule has 0 aromatic heterocycles. The van der Waals surface area contributed by atoms with Crippen LogP contribution < -0.4 is 4.90 Å². The summed E-state index contributed by atoms with van der Waals surface area (Å²) in [5.41, 5.74) is 14.7. The van der Waals surface area contributed by atoms with Gasteiger partial charge in [0, 0.05) is 22.4 Å². The Kier molecular flexibility index (Phi) is 6.75. The molecule has 0 saturated carbocycles. The van der Waals surface area contributed by atoms with Crippen molar-refractivity contribution in [3.8, 4) is 22.3 Å². The molecule has 0 amide bonds. The molecule has 50 heavy (non-hydrogen) atoms. The van der Waals surface area contributed by atoms with E-state index in [2.05, 4.69) is 186 Å². The molecule has 0 radical (unpaired) electrons. The van der Waals surface area contributed by atoms with Gasteiger partial charge >= 0.3 is 0 Å². The molecule has 0 atom stereocenters. The van der Waals surface area contributed by atoms with Crippen molar-refractivity contribution in [3.63, 3.8) is 0 Å². The first kappa shape index (κ1) is 30.9. The second-order valence-corrected chi connectivity index (χ2v) is 16.5. The largest absolute Gasteiger partial charge is 0.310 e. The third kappa shape index (κ3) is 4.67. The van der Waals surface area contributed by atoms with Gasteiger partial charge in [-0.3, -0.25) is 0 Å². The molecular formula is C49H45N. The van der Waals surface area contributed by atoms with Gasteiger partial charge in [0.2, 0.25) is 0 Å². The lowest BCUT2D eigenvalue weighted by Crippen LogP contribution is -2.33. The van der Waals surface area contributed by atoms with Crippen LogP contribution in [-0.4, -0.2) is 0 Å². The van der Waals surface area contributed by atoms with Gasteiger partial charge in [0.25, 0.3) is 0 Å². The molecule has 246 valence electrons. The summed E-state index contributed by atoms with van der Waals surface area (Å²) in [6, 6.07) is 52.6. The minimum atomic E-state index is -0.122.